The predicted octanol–water partition coefficient (Wildman–Crippen LogP) is 1.97. The van der Waals surface area contributed by atoms with E-state index < -0.39 is 0 Å². The number of imide groups is 1. The fourth-order valence-corrected chi connectivity index (χ4v) is 3.67. The number of carbonyl (C=O) groups is 2. The van der Waals surface area contributed by atoms with Crippen molar-refractivity contribution in [2.45, 2.75) is 6.42 Å². The van der Waals surface area contributed by atoms with Crippen molar-refractivity contribution < 1.29 is 14.0 Å². The van der Waals surface area contributed by atoms with E-state index in [9.17, 15) is 14.0 Å². The topological polar surface area (TPSA) is 49.7 Å². The van der Waals surface area contributed by atoms with Gasteiger partial charge in [0.15, 0.2) is 0 Å². The molecule has 4 nitrogen and oxygen atoms in total. The van der Waals surface area contributed by atoms with Gasteiger partial charge in [0.2, 0.25) is 0 Å². The van der Waals surface area contributed by atoms with Crippen LogP contribution in [0.4, 0.5) is 4.39 Å². The fourth-order valence-electron chi connectivity index (χ4n) is 3.67. The van der Waals surface area contributed by atoms with Gasteiger partial charge in [-0.05, 0) is 36.0 Å². The Kier molecular flexibility index (Phi) is 2.58. The number of benzene rings is 1. The molecule has 0 spiro atoms. The lowest BCUT2D eigenvalue weighted by Gasteiger charge is -2.13. The van der Waals surface area contributed by atoms with Crippen molar-refractivity contribution in [3.05, 3.63) is 47.8 Å². The van der Waals surface area contributed by atoms with E-state index in [0.29, 0.717) is 5.56 Å². The molecule has 3 aliphatic rings. The first kappa shape index (κ1) is 12.4. The van der Waals surface area contributed by atoms with Crippen molar-refractivity contribution in [3.63, 3.8) is 0 Å². The van der Waals surface area contributed by atoms with E-state index in [0.717, 1.165) is 11.4 Å². The first-order valence-corrected chi connectivity index (χ1v) is 7.01. The molecule has 4 rings (SSSR count). The zero-order chi connectivity index (χ0) is 14.6. The third-order valence-corrected chi connectivity index (χ3v) is 4.64. The highest BCUT2D eigenvalue weighted by atomic mass is 19.1. The molecule has 2 bridgehead atoms. The summed E-state index contributed by atoms with van der Waals surface area (Å²) in [5, 5.41) is 5.01. The summed E-state index contributed by atoms with van der Waals surface area (Å²) in [6.07, 6.45) is 6.42. The molecular formula is C16H13FN2O2. The summed E-state index contributed by atoms with van der Waals surface area (Å²) in [5.41, 5.74) is 0.648. The van der Waals surface area contributed by atoms with Crippen molar-refractivity contribution >= 4 is 18.0 Å². The third kappa shape index (κ3) is 1.77. The average Bonchev–Trinajstić information content (AvgIpc) is 3.14. The Balaban J connectivity index is 1.58. The molecular weight excluding hydrogens is 271 g/mol. The SMILES string of the molecule is O=C1[C@@H]2[C@H](C(=O)N1N=Cc1ccc(F)cc1)[C@H]1C=C[C@H]2C1. The van der Waals surface area contributed by atoms with Crippen LogP contribution in [0.2, 0.25) is 0 Å². The maximum absolute atomic E-state index is 12.8. The van der Waals surface area contributed by atoms with Crippen LogP contribution in [-0.4, -0.2) is 23.0 Å². The van der Waals surface area contributed by atoms with Crippen LogP contribution in [0.5, 0.6) is 0 Å². The van der Waals surface area contributed by atoms with Crippen molar-refractivity contribution in [2.24, 2.45) is 28.8 Å². The predicted molar refractivity (Wildman–Crippen MR) is 73.6 cm³/mol. The maximum Gasteiger partial charge on any atom is 0.254 e. The molecule has 5 heteroatoms. The van der Waals surface area contributed by atoms with Gasteiger partial charge in [0.25, 0.3) is 11.8 Å². The Morgan fingerprint density at radius 3 is 2.19 bits per heavy atom. The molecule has 2 aliphatic carbocycles. The molecule has 0 aromatic heterocycles. The Morgan fingerprint density at radius 2 is 1.62 bits per heavy atom. The van der Waals surface area contributed by atoms with Gasteiger partial charge in [0.1, 0.15) is 5.82 Å². The van der Waals surface area contributed by atoms with Crippen LogP contribution in [-0.2, 0) is 9.59 Å². The lowest BCUT2D eigenvalue weighted by atomic mass is 9.85. The van der Waals surface area contributed by atoms with Gasteiger partial charge in [-0.3, -0.25) is 9.59 Å². The standard InChI is InChI=1S/C16H13FN2O2/c17-12-5-1-9(2-6-12)8-18-19-15(20)13-10-3-4-11(7-10)14(13)16(19)21/h1-6,8,10-11,13-14H,7H2/t10-,11-,13-,14+/m0/s1. The van der Waals surface area contributed by atoms with Crippen LogP contribution in [0.3, 0.4) is 0 Å². The van der Waals surface area contributed by atoms with Crippen LogP contribution in [0, 0.1) is 29.5 Å². The Morgan fingerprint density at radius 1 is 1.05 bits per heavy atom. The number of carbonyl (C=O) groups excluding carboxylic acids is 2. The Labute approximate surface area is 120 Å². The minimum atomic E-state index is -0.336. The normalized spacial score (nSPS) is 33.5. The van der Waals surface area contributed by atoms with Crippen LogP contribution in [0.15, 0.2) is 41.5 Å². The second-order valence-electron chi connectivity index (χ2n) is 5.78. The lowest BCUT2D eigenvalue weighted by Crippen LogP contribution is -2.28. The Bertz CT molecular complexity index is 650. The van der Waals surface area contributed by atoms with Gasteiger partial charge in [-0.25, -0.2) is 4.39 Å². The Hall–Kier alpha value is -2.30. The first-order valence-electron chi connectivity index (χ1n) is 7.01. The van der Waals surface area contributed by atoms with Gasteiger partial charge in [-0.1, -0.05) is 24.3 Å². The summed E-state index contributed by atoms with van der Waals surface area (Å²) >= 11 is 0. The minimum Gasteiger partial charge on any atom is -0.272 e. The molecule has 0 N–H and O–H groups in total. The van der Waals surface area contributed by atoms with Gasteiger partial charge < -0.3 is 0 Å². The van der Waals surface area contributed by atoms with Gasteiger partial charge in [0, 0.05) is 0 Å². The van der Waals surface area contributed by atoms with Gasteiger partial charge in [0.05, 0.1) is 18.1 Å². The molecule has 1 saturated carbocycles. The molecule has 1 aromatic carbocycles. The fraction of sp³-hybridized carbons (Fsp3) is 0.312. The van der Waals surface area contributed by atoms with E-state index in [1.807, 2.05) is 12.2 Å². The number of hydrazone groups is 1. The number of hydrogen-bond acceptors (Lipinski definition) is 3. The van der Waals surface area contributed by atoms with E-state index >= 15 is 0 Å². The van der Waals surface area contributed by atoms with E-state index in [4.69, 9.17) is 0 Å². The van der Waals surface area contributed by atoms with E-state index in [1.54, 1.807) is 12.1 Å². The lowest BCUT2D eigenvalue weighted by molar-refractivity contribution is -0.140. The number of nitrogens with zero attached hydrogens (tertiary/aromatic N) is 2. The van der Waals surface area contributed by atoms with E-state index in [-0.39, 0.29) is 41.3 Å². The molecule has 21 heavy (non-hydrogen) atoms. The second-order valence-corrected chi connectivity index (χ2v) is 5.78. The van der Waals surface area contributed by atoms with Crippen molar-refractivity contribution in [1.82, 2.24) is 5.01 Å². The number of allylic oxidation sites excluding steroid dienone is 2. The molecule has 1 aromatic rings. The summed E-state index contributed by atoms with van der Waals surface area (Å²) < 4.78 is 12.8. The highest BCUT2D eigenvalue weighted by molar-refractivity contribution is 6.06. The van der Waals surface area contributed by atoms with E-state index in [2.05, 4.69) is 5.10 Å². The maximum atomic E-state index is 12.8. The zero-order valence-electron chi connectivity index (χ0n) is 11.1. The van der Waals surface area contributed by atoms with Crippen molar-refractivity contribution in [3.8, 4) is 0 Å². The number of halogens is 1. The molecule has 2 amide bonds. The number of rotatable bonds is 2. The number of hydrogen-bond donors (Lipinski definition) is 0. The molecule has 106 valence electrons. The average molecular weight is 284 g/mol. The molecule has 1 saturated heterocycles. The van der Waals surface area contributed by atoms with Crippen LogP contribution in [0.25, 0.3) is 0 Å². The molecule has 1 heterocycles. The molecule has 0 radical (unpaired) electrons. The zero-order valence-corrected chi connectivity index (χ0v) is 11.1. The monoisotopic (exact) mass is 284 g/mol. The smallest absolute Gasteiger partial charge is 0.254 e. The third-order valence-electron chi connectivity index (χ3n) is 4.64. The van der Waals surface area contributed by atoms with Crippen molar-refractivity contribution in [2.75, 3.05) is 0 Å². The minimum absolute atomic E-state index is 0.183. The summed E-state index contributed by atoms with van der Waals surface area (Å²) in [4.78, 5) is 24.7. The van der Waals surface area contributed by atoms with Gasteiger partial charge >= 0.3 is 0 Å². The molecule has 1 aliphatic heterocycles. The first-order chi connectivity index (χ1) is 10.1. The number of fused-ring (bicyclic) bond motifs is 5. The van der Waals surface area contributed by atoms with Crippen LogP contribution >= 0.6 is 0 Å². The summed E-state index contributed by atoms with van der Waals surface area (Å²) in [5.74, 6) is -0.862. The summed E-state index contributed by atoms with van der Waals surface area (Å²) in [6, 6.07) is 5.73. The van der Waals surface area contributed by atoms with Crippen LogP contribution in [0.1, 0.15) is 12.0 Å². The molecule has 4 atom stereocenters. The van der Waals surface area contributed by atoms with Gasteiger partial charge in [-0.15, -0.1) is 0 Å². The highest BCUT2D eigenvalue weighted by Gasteiger charge is 2.59. The largest absolute Gasteiger partial charge is 0.272 e. The molecule has 0 unspecified atom stereocenters. The quantitative estimate of drug-likeness (QED) is 0.473. The summed E-state index contributed by atoms with van der Waals surface area (Å²) in [6.45, 7) is 0. The summed E-state index contributed by atoms with van der Waals surface area (Å²) in [7, 11) is 0. The number of amides is 2. The van der Waals surface area contributed by atoms with E-state index in [1.165, 1.54) is 18.3 Å². The van der Waals surface area contributed by atoms with Crippen molar-refractivity contribution in [1.29, 1.82) is 0 Å². The second kappa shape index (κ2) is 4.35. The van der Waals surface area contributed by atoms with Gasteiger partial charge in [-0.2, -0.15) is 10.1 Å². The highest BCUT2D eigenvalue weighted by Crippen LogP contribution is 2.52. The van der Waals surface area contributed by atoms with Crippen LogP contribution < -0.4 is 0 Å². The molecule has 2 fully saturated rings.